The molecule has 0 aliphatic carbocycles. The predicted octanol–water partition coefficient (Wildman–Crippen LogP) is 4.60. The van der Waals surface area contributed by atoms with Crippen molar-refractivity contribution in [2.45, 2.75) is 26.3 Å². The Kier molecular flexibility index (Phi) is 4.05. The van der Waals surface area contributed by atoms with Gasteiger partial charge in [-0.25, -0.2) is 9.24 Å². The molecule has 0 atom stereocenters. The average Bonchev–Trinajstić information content (AvgIpc) is 2.74. The molecule has 0 bridgehead atoms. The van der Waals surface area contributed by atoms with Crippen LogP contribution in [0.2, 0.25) is 0 Å². The number of thiocarbonyl (C=S) groups is 1. The van der Waals surface area contributed by atoms with Gasteiger partial charge in [0.25, 0.3) is 5.91 Å². The Morgan fingerprint density at radius 3 is 2.28 bits per heavy atom. The van der Waals surface area contributed by atoms with Crippen LogP contribution in [0.15, 0.2) is 42.5 Å². The van der Waals surface area contributed by atoms with Gasteiger partial charge in [-0.2, -0.15) is 0 Å². The second-order valence-corrected chi connectivity index (χ2v) is 6.77. The number of nitrogens with zero attached hydrogens (tertiary/aromatic N) is 3. The first-order valence-electron chi connectivity index (χ1n) is 7.70. The van der Waals surface area contributed by atoms with Gasteiger partial charge in [0.2, 0.25) is 5.69 Å². The average molecular weight is 353 g/mol. The second-order valence-electron chi connectivity index (χ2n) is 6.40. The number of rotatable bonds is 2. The number of amides is 1. The molecule has 4 nitrogen and oxygen atoms in total. The van der Waals surface area contributed by atoms with E-state index in [0.717, 1.165) is 11.3 Å². The fraction of sp³-hybridized carbons (Fsp3) is 0.211. The minimum Gasteiger partial charge on any atom is -0.304 e. The van der Waals surface area contributed by atoms with Gasteiger partial charge in [0, 0.05) is 5.69 Å². The number of carbonyl (C=O) groups excluding carboxylic acids is 1. The summed E-state index contributed by atoms with van der Waals surface area (Å²) in [7, 11) is 0. The third-order valence-electron chi connectivity index (χ3n) is 4.27. The molecule has 126 valence electrons. The molecule has 0 radical (unpaired) electrons. The maximum atomic E-state index is 14.0. The zero-order chi connectivity index (χ0) is 18.4. The topological polar surface area (TPSA) is 27.9 Å². The summed E-state index contributed by atoms with van der Waals surface area (Å²) in [5, 5.41) is 0.286. The third-order valence-corrected chi connectivity index (χ3v) is 4.64. The zero-order valence-corrected chi connectivity index (χ0v) is 14.9. The monoisotopic (exact) mass is 353 g/mol. The molecule has 1 fully saturated rings. The van der Waals surface area contributed by atoms with E-state index in [1.807, 2.05) is 31.2 Å². The molecule has 6 heteroatoms. The van der Waals surface area contributed by atoms with Crippen LogP contribution in [0.3, 0.4) is 0 Å². The summed E-state index contributed by atoms with van der Waals surface area (Å²) in [4.78, 5) is 19.2. The Morgan fingerprint density at radius 1 is 1.12 bits per heavy atom. The standard InChI is InChI=1S/C19H16FN3OS/c1-12-5-7-13(8-6-12)23-18(25)22(17(24)19(23,2)3)14-9-10-16(21-4)15(20)11-14/h5-11H,1-3H3. The molecule has 1 amide bonds. The molecule has 1 saturated heterocycles. The Balaban J connectivity index is 2.07. The number of anilines is 2. The minimum atomic E-state index is -0.902. The highest BCUT2D eigenvalue weighted by Crippen LogP contribution is 2.37. The van der Waals surface area contributed by atoms with Crippen molar-refractivity contribution in [2.75, 3.05) is 9.80 Å². The van der Waals surface area contributed by atoms with Gasteiger partial charge in [0.1, 0.15) is 11.4 Å². The van der Waals surface area contributed by atoms with Gasteiger partial charge in [-0.3, -0.25) is 9.69 Å². The SMILES string of the molecule is [C-]#[N+]c1ccc(N2C(=O)C(C)(C)N(c3ccc(C)cc3)C2=S)cc1F. The Bertz CT molecular complexity index is 915. The summed E-state index contributed by atoms with van der Waals surface area (Å²) in [6.45, 7) is 12.5. The number of hydrogen-bond donors (Lipinski definition) is 0. The van der Waals surface area contributed by atoms with Gasteiger partial charge in [0.15, 0.2) is 5.11 Å². The van der Waals surface area contributed by atoms with E-state index in [1.165, 1.54) is 23.1 Å². The molecular weight excluding hydrogens is 337 g/mol. The lowest BCUT2D eigenvalue weighted by molar-refractivity contribution is -0.120. The summed E-state index contributed by atoms with van der Waals surface area (Å²) in [5.74, 6) is -0.914. The van der Waals surface area contributed by atoms with Crippen LogP contribution in [-0.2, 0) is 4.79 Å². The molecule has 0 N–H and O–H groups in total. The summed E-state index contributed by atoms with van der Waals surface area (Å²) in [6.07, 6.45) is 0. The molecule has 1 aliphatic rings. The van der Waals surface area contributed by atoms with Crippen LogP contribution < -0.4 is 9.80 Å². The van der Waals surface area contributed by atoms with E-state index in [0.29, 0.717) is 5.69 Å². The minimum absolute atomic E-state index is 0.0871. The zero-order valence-electron chi connectivity index (χ0n) is 14.1. The first-order valence-corrected chi connectivity index (χ1v) is 8.10. The molecule has 0 unspecified atom stereocenters. The fourth-order valence-corrected chi connectivity index (χ4v) is 3.40. The van der Waals surface area contributed by atoms with Crippen LogP contribution in [0.25, 0.3) is 4.85 Å². The molecule has 2 aromatic carbocycles. The van der Waals surface area contributed by atoms with E-state index in [2.05, 4.69) is 4.85 Å². The lowest BCUT2D eigenvalue weighted by Crippen LogP contribution is -2.44. The lowest BCUT2D eigenvalue weighted by atomic mass is 10.0. The third kappa shape index (κ3) is 2.67. The van der Waals surface area contributed by atoms with Crippen molar-refractivity contribution in [1.29, 1.82) is 0 Å². The number of hydrogen-bond acceptors (Lipinski definition) is 2. The van der Waals surface area contributed by atoms with E-state index in [4.69, 9.17) is 18.8 Å². The van der Waals surface area contributed by atoms with Crippen LogP contribution in [0, 0.1) is 19.3 Å². The predicted molar refractivity (Wildman–Crippen MR) is 100 cm³/mol. The maximum absolute atomic E-state index is 14.0. The van der Waals surface area contributed by atoms with Crippen molar-refractivity contribution in [3.63, 3.8) is 0 Å². The van der Waals surface area contributed by atoms with Crippen molar-refractivity contribution in [1.82, 2.24) is 0 Å². The summed E-state index contributed by atoms with van der Waals surface area (Å²) >= 11 is 5.54. The molecule has 2 aromatic rings. The summed E-state index contributed by atoms with van der Waals surface area (Å²) in [6, 6.07) is 11.8. The van der Waals surface area contributed by atoms with Crippen molar-refractivity contribution in [3.8, 4) is 0 Å². The first-order chi connectivity index (χ1) is 11.8. The molecular formula is C19H16FN3OS. The molecule has 0 saturated carbocycles. The number of halogens is 1. The van der Waals surface area contributed by atoms with Gasteiger partial charge in [-0.15, -0.1) is 0 Å². The van der Waals surface area contributed by atoms with Crippen LogP contribution >= 0.6 is 12.2 Å². The number of carbonyl (C=O) groups is 1. The van der Waals surface area contributed by atoms with Crippen molar-refractivity contribution in [2.24, 2.45) is 0 Å². The Morgan fingerprint density at radius 2 is 1.72 bits per heavy atom. The smallest absolute Gasteiger partial charge is 0.259 e. The normalized spacial score (nSPS) is 16.3. The van der Waals surface area contributed by atoms with Crippen molar-refractivity contribution >= 4 is 40.3 Å². The van der Waals surface area contributed by atoms with E-state index in [9.17, 15) is 9.18 Å². The van der Waals surface area contributed by atoms with Crippen LogP contribution in [0.5, 0.6) is 0 Å². The second kappa shape index (κ2) is 5.94. The quantitative estimate of drug-likeness (QED) is 0.583. The molecule has 0 spiro atoms. The molecule has 1 heterocycles. The largest absolute Gasteiger partial charge is 0.304 e. The van der Waals surface area contributed by atoms with Gasteiger partial charge < -0.3 is 4.90 Å². The lowest BCUT2D eigenvalue weighted by Gasteiger charge is -2.29. The van der Waals surface area contributed by atoms with Gasteiger partial charge in [-0.1, -0.05) is 23.8 Å². The molecule has 3 rings (SSSR count). The van der Waals surface area contributed by atoms with Crippen LogP contribution in [0.4, 0.5) is 21.5 Å². The molecule has 0 aromatic heterocycles. The maximum Gasteiger partial charge on any atom is 0.259 e. The summed E-state index contributed by atoms with van der Waals surface area (Å²) in [5.41, 5.74) is 1.24. The van der Waals surface area contributed by atoms with Gasteiger partial charge >= 0.3 is 0 Å². The van der Waals surface area contributed by atoms with E-state index < -0.39 is 11.4 Å². The highest BCUT2D eigenvalue weighted by molar-refractivity contribution is 7.81. The van der Waals surface area contributed by atoms with E-state index in [1.54, 1.807) is 18.7 Å². The highest BCUT2D eigenvalue weighted by atomic mass is 32.1. The van der Waals surface area contributed by atoms with Crippen molar-refractivity contribution < 1.29 is 9.18 Å². The fourth-order valence-electron chi connectivity index (χ4n) is 2.88. The van der Waals surface area contributed by atoms with E-state index in [-0.39, 0.29) is 16.7 Å². The van der Waals surface area contributed by atoms with Crippen LogP contribution in [-0.4, -0.2) is 16.6 Å². The van der Waals surface area contributed by atoms with Gasteiger partial charge in [0.05, 0.1) is 12.3 Å². The molecule has 1 aliphatic heterocycles. The molecule has 25 heavy (non-hydrogen) atoms. The highest BCUT2D eigenvalue weighted by Gasteiger charge is 2.50. The number of aryl methyl sites for hydroxylation is 1. The van der Waals surface area contributed by atoms with E-state index >= 15 is 0 Å². The Labute approximate surface area is 151 Å². The summed E-state index contributed by atoms with van der Waals surface area (Å²) < 4.78 is 14.0. The number of benzene rings is 2. The Hall–Kier alpha value is -2.78. The first kappa shape index (κ1) is 17.1. The van der Waals surface area contributed by atoms with Gasteiger partial charge in [-0.05, 0) is 57.3 Å². The van der Waals surface area contributed by atoms with Crippen molar-refractivity contribution in [3.05, 3.63) is 65.3 Å². The van der Waals surface area contributed by atoms with Crippen LogP contribution in [0.1, 0.15) is 19.4 Å².